The molecule has 2 rings (SSSR count). The van der Waals surface area contributed by atoms with E-state index in [0.29, 0.717) is 0 Å². The van der Waals surface area contributed by atoms with Crippen molar-refractivity contribution in [3.05, 3.63) is 0 Å². The fourth-order valence-corrected chi connectivity index (χ4v) is 2.99. The zero-order valence-electron chi connectivity index (χ0n) is 15.3. The quantitative estimate of drug-likeness (QED) is 0.258. The number of nitrogens with zero attached hydrogens (tertiary/aromatic N) is 4. The largest absolute Gasteiger partial charge is 0.393 e. The monoisotopic (exact) mass is 392 g/mol. The number of aliphatic hydroxyl groups excluding tert-OH is 6. The van der Waals surface area contributed by atoms with Gasteiger partial charge < -0.3 is 30.6 Å². The average Bonchev–Trinajstić information content (AvgIpc) is 2.91. The Morgan fingerprint density at radius 2 is 1.00 bits per heavy atom. The Bertz CT molecular complexity index is 502. The Labute approximate surface area is 156 Å². The Morgan fingerprint density at radius 3 is 1.30 bits per heavy atom. The molecule has 2 aliphatic rings. The van der Waals surface area contributed by atoms with Gasteiger partial charge in [-0.3, -0.25) is 19.6 Å². The van der Waals surface area contributed by atoms with Gasteiger partial charge in [-0.1, -0.05) is 0 Å². The molecule has 0 saturated carbocycles. The van der Waals surface area contributed by atoms with Crippen molar-refractivity contribution in [2.75, 3.05) is 19.8 Å². The summed E-state index contributed by atoms with van der Waals surface area (Å²) in [5.41, 5.74) is 0. The summed E-state index contributed by atoms with van der Waals surface area (Å²) in [6, 6.07) is -1.54. The van der Waals surface area contributed by atoms with Crippen molar-refractivity contribution < 1.29 is 40.2 Å². The highest BCUT2D eigenvalue weighted by Gasteiger charge is 2.49. The smallest absolute Gasteiger partial charge is 0.325 e. The maximum absolute atomic E-state index is 12.4. The standard InChI is InChI=1S/C15H28N4O8/c1-8(20)3-5-16-10(22)12(24)18(14(16)26)7-19-13(25)11(23)17(15(19)27)6-4-9(2)21/h8-13,20-25H,3-7H2,1-2H3. The van der Waals surface area contributed by atoms with E-state index in [-0.39, 0.29) is 25.9 Å². The van der Waals surface area contributed by atoms with Crippen LogP contribution in [0.2, 0.25) is 0 Å². The summed E-state index contributed by atoms with van der Waals surface area (Å²) in [5, 5.41) is 59.0. The normalized spacial score (nSPS) is 31.3. The van der Waals surface area contributed by atoms with Gasteiger partial charge in [0.1, 0.15) is 6.67 Å². The van der Waals surface area contributed by atoms with E-state index < -0.39 is 55.9 Å². The van der Waals surface area contributed by atoms with Gasteiger partial charge in [-0.15, -0.1) is 0 Å². The summed E-state index contributed by atoms with van der Waals surface area (Å²) in [6.45, 7) is 2.47. The molecule has 0 bridgehead atoms. The third-order valence-corrected chi connectivity index (χ3v) is 4.67. The summed E-state index contributed by atoms with van der Waals surface area (Å²) in [6.07, 6.45) is -7.46. The van der Waals surface area contributed by atoms with Crippen molar-refractivity contribution in [1.29, 1.82) is 0 Å². The molecule has 0 spiro atoms. The second-order valence-corrected chi connectivity index (χ2v) is 6.96. The molecule has 2 heterocycles. The summed E-state index contributed by atoms with van der Waals surface area (Å²) in [4.78, 5) is 28.4. The average molecular weight is 392 g/mol. The van der Waals surface area contributed by atoms with E-state index in [4.69, 9.17) is 0 Å². The zero-order chi connectivity index (χ0) is 20.5. The molecule has 0 aromatic carbocycles. The fraction of sp³-hybridized carbons (Fsp3) is 0.867. The number of hydrogen-bond donors (Lipinski definition) is 6. The molecular weight excluding hydrogens is 364 g/mol. The lowest BCUT2D eigenvalue weighted by Gasteiger charge is -2.27. The van der Waals surface area contributed by atoms with Crippen molar-refractivity contribution in [1.82, 2.24) is 19.6 Å². The Hall–Kier alpha value is -1.70. The Kier molecular flexibility index (Phi) is 6.83. The van der Waals surface area contributed by atoms with Gasteiger partial charge in [0.15, 0.2) is 24.9 Å². The van der Waals surface area contributed by atoms with Crippen molar-refractivity contribution in [2.45, 2.75) is 63.8 Å². The van der Waals surface area contributed by atoms with Crippen LogP contribution in [0.25, 0.3) is 0 Å². The lowest BCUT2D eigenvalue weighted by Crippen LogP contribution is -2.48. The number of carbonyl (C=O) groups excluding carboxylic acids is 2. The van der Waals surface area contributed by atoms with E-state index in [1.807, 2.05) is 0 Å². The van der Waals surface area contributed by atoms with E-state index in [1.165, 1.54) is 13.8 Å². The maximum Gasteiger partial charge on any atom is 0.325 e. The molecule has 2 fully saturated rings. The van der Waals surface area contributed by atoms with Crippen LogP contribution in [0.15, 0.2) is 0 Å². The SMILES string of the molecule is CC(O)CCN1C(=O)N(CN2C(=O)N(CCC(C)O)C(O)C2O)C(O)C1O. The van der Waals surface area contributed by atoms with Gasteiger partial charge in [0.2, 0.25) is 0 Å². The van der Waals surface area contributed by atoms with Crippen LogP contribution in [0.3, 0.4) is 0 Å². The second-order valence-electron chi connectivity index (χ2n) is 6.96. The third-order valence-electron chi connectivity index (χ3n) is 4.67. The molecule has 0 radical (unpaired) electrons. The molecule has 2 saturated heterocycles. The molecule has 4 amide bonds. The highest BCUT2D eigenvalue weighted by molar-refractivity contribution is 5.80. The van der Waals surface area contributed by atoms with Crippen LogP contribution in [0.4, 0.5) is 9.59 Å². The van der Waals surface area contributed by atoms with E-state index >= 15 is 0 Å². The molecule has 6 unspecified atom stereocenters. The van der Waals surface area contributed by atoms with Crippen LogP contribution in [0.5, 0.6) is 0 Å². The van der Waals surface area contributed by atoms with E-state index in [1.54, 1.807) is 0 Å². The minimum absolute atomic E-state index is 0.00906. The number of hydrogen-bond acceptors (Lipinski definition) is 8. The molecule has 0 aliphatic carbocycles. The zero-order valence-corrected chi connectivity index (χ0v) is 15.3. The van der Waals surface area contributed by atoms with Crippen molar-refractivity contribution in [2.24, 2.45) is 0 Å². The second kappa shape index (κ2) is 8.54. The first-order valence-electron chi connectivity index (χ1n) is 8.79. The van der Waals surface area contributed by atoms with Crippen LogP contribution in [-0.2, 0) is 0 Å². The number of carbonyl (C=O) groups is 2. The molecule has 2 aliphatic heterocycles. The predicted octanol–water partition coefficient (Wildman–Crippen LogP) is -2.77. The van der Waals surface area contributed by atoms with Gasteiger partial charge in [-0.25, -0.2) is 9.59 Å². The third kappa shape index (κ3) is 4.42. The van der Waals surface area contributed by atoms with Gasteiger partial charge >= 0.3 is 12.1 Å². The molecular formula is C15H28N4O8. The van der Waals surface area contributed by atoms with Gasteiger partial charge in [0, 0.05) is 13.1 Å². The molecule has 12 nitrogen and oxygen atoms in total. The topological polar surface area (TPSA) is 168 Å². The van der Waals surface area contributed by atoms with Gasteiger partial charge in [0.05, 0.1) is 12.2 Å². The number of rotatable bonds is 8. The van der Waals surface area contributed by atoms with E-state index in [9.17, 15) is 40.2 Å². The lowest BCUT2D eigenvalue weighted by molar-refractivity contribution is -0.0988. The van der Waals surface area contributed by atoms with Crippen LogP contribution in [0, 0.1) is 0 Å². The predicted molar refractivity (Wildman–Crippen MR) is 89.4 cm³/mol. The molecule has 27 heavy (non-hydrogen) atoms. The minimum Gasteiger partial charge on any atom is -0.393 e. The van der Waals surface area contributed by atoms with Gasteiger partial charge in [-0.05, 0) is 26.7 Å². The molecule has 156 valence electrons. The maximum atomic E-state index is 12.4. The first-order valence-corrected chi connectivity index (χ1v) is 8.79. The van der Waals surface area contributed by atoms with Crippen molar-refractivity contribution in [3.63, 3.8) is 0 Å². The fourth-order valence-electron chi connectivity index (χ4n) is 2.99. The highest BCUT2D eigenvalue weighted by Crippen LogP contribution is 2.25. The highest BCUT2D eigenvalue weighted by atomic mass is 16.4. The van der Waals surface area contributed by atoms with Crippen molar-refractivity contribution >= 4 is 12.1 Å². The number of amides is 4. The Morgan fingerprint density at radius 1 is 0.704 bits per heavy atom. The van der Waals surface area contributed by atoms with Crippen LogP contribution >= 0.6 is 0 Å². The first-order chi connectivity index (χ1) is 12.6. The molecule has 0 aromatic heterocycles. The minimum atomic E-state index is -1.64. The lowest BCUT2D eigenvalue weighted by atomic mass is 10.3. The van der Waals surface area contributed by atoms with Crippen LogP contribution < -0.4 is 0 Å². The van der Waals surface area contributed by atoms with Crippen molar-refractivity contribution in [3.8, 4) is 0 Å². The van der Waals surface area contributed by atoms with Gasteiger partial charge in [0.25, 0.3) is 0 Å². The number of aliphatic hydroxyl groups is 6. The van der Waals surface area contributed by atoms with Crippen LogP contribution in [0.1, 0.15) is 26.7 Å². The summed E-state index contributed by atoms with van der Waals surface area (Å²) >= 11 is 0. The Balaban J connectivity index is 2.06. The summed E-state index contributed by atoms with van der Waals surface area (Å²) in [7, 11) is 0. The molecule has 0 aromatic rings. The first kappa shape index (κ1) is 21.6. The number of urea groups is 2. The van der Waals surface area contributed by atoms with E-state index in [0.717, 1.165) is 19.6 Å². The van der Waals surface area contributed by atoms with E-state index in [2.05, 4.69) is 0 Å². The van der Waals surface area contributed by atoms with Crippen LogP contribution in [-0.4, -0.2) is 119 Å². The van der Waals surface area contributed by atoms with Gasteiger partial charge in [-0.2, -0.15) is 0 Å². The molecule has 6 N–H and O–H groups in total. The molecule has 6 atom stereocenters. The summed E-state index contributed by atoms with van der Waals surface area (Å²) < 4.78 is 0. The molecule has 12 heteroatoms. The summed E-state index contributed by atoms with van der Waals surface area (Å²) in [5.74, 6) is 0.